The smallest absolute Gasteiger partial charge is 0.407 e. The van der Waals surface area contributed by atoms with Crippen LogP contribution in [0, 0.1) is 0 Å². The summed E-state index contributed by atoms with van der Waals surface area (Å²) in [5.74, 6) is 0.474. The molecule has 1 aromatic heterocycles. The molecule has 9 nitrogen and oxygen atoms in total. The first kappa shape index (κ1) is 25.6. The van der Waals surface area contributed by atoms with Gasteiger partial charge < -0.3 is 19.7 Å². The lowest BCUT2D eigenvalue weighted by Gasteiger charge is -2.41. The molecule has 2 heterocycles. The molecule has 10 heteroatoms. The molecule has 1 aromatic carbocycles. The second kappa shape index (κ2) is 12.5. The zero-order valence-electron chi connectivity index (χ0n) is 20.3. The van der Waals surface area contributed by atoms with E-state index in [1.54, 1.807) is 6.20 Å². The van der Waals surface area contributed by atoms with Crippen molar-refractivity contribution >= 4 is 26.0 Å². The highest BCUT2D eigenvalue weighted by atomic mass is 28.3. The molecule has 34 heavy (non-hydrogen) atoms. The topological polar surface area (TPSA) is 96.9 Å². The summed E-state index contributed by atoms with van der Waals surface area (Å²) in [4.78, 5) is 28.8. The maximum Gasteiger partial charge on any atom is 0.407 e. The van der Waals surface area contributed by atoms with Crippen LogP contribution < -0.4 is 10.2 Å². The van der Waals surface area contributed by atoms with Crippen LogP contribution in [0.3, 0.4) is 0 Å². The van der Waals surface area contributed by atoms with Crippen molar-refractivity contribution < 1.29 is 19.1 Å². The second-order valence-electron chi connectivity index (χ2n) is 9.64. The first-order chi connectivity index (χ1) is 16.3. The molecule has 1 amide bonds. The number of hydrogen-bond donors (Lipinski definition) is 1. The van der Waals surface area contributed by atoms with Crippen LogP contribution in [-0.2, 0) is 20.9 Å². The number of benzene rings is 1. The zero-order chi connectivity index (χ0) is 24.4. The van der Waals surface area contributed by atoms with Gasteiger partial charge in [-0.2, -0.15) is 5.10 Å². The molecule has 3 rings (SSSR count). The Hall–Kier alpha value is -2.98. The van der Waals surface area contributed by atoms with Crippen LogP contribution >= 0.6 is 0 Å². The minimum Gasteiger partial charge on any atom is -0.460 e. The molecule has 1 fully saturated rings. The summed E-state index contributed by atoms with van der Waals surface area (Å²) in [6, 6.07) is 14.2. The van der Waals surface area contributed by atoms with E-state index in [0.717, 1.165) is 17.4 Å². The Kier molecular flexibility index (Phi) is 9.40. The van der Waals surface area contributed by atoms with E-state index in [0.29, 0.717) is 32.8 Å². The summed E-state index contributed by atoms with van der Waals surface area (Å²) in [6.45, 7) is 9.89. The number of nitrogens with one attached hydrogen (secondary N) is 1. The van der Waals surface area contributed by atoms with Gasteiger partial charge in [-0.05, 0) is 23.7 Å². The van der Waals surface area contributed by atoms with E-state index in [-0.39, 0.29) is 25.2 Å². The molecule has 1 saturated heterocycles. The van der Waals surface area contributed by atoms with Crippen LogP contribution in [0.1, 0.15) is 5.56 Å². The largest absolute Gasteiger partial charge is 0.460 e. The van der Waals surface area contributed by atoms with E-state index in [9.17, 15) is 9.59 Å². The molecular weight excluding hydrogens is 450 g/mol. The van der Waals surface area contributed by atoms with Crippen molar-refractivity contribution in [2.24, 2.45) is 0 Å². The monoisotopic (exact) mass is 485 g/mol. The molecule has 1 aliphatic heterocycles. The SMILES string of the molecule is C[Si](C)(C)CCOC(=O)NC[C@@H]1CN(CC(=O)OCc2ccccc2)CCN1c1cccnn1. The predicted molar refractivity (Wildman–Crippen MR) is 133 cm³/mol. The summed E-state index contributed by atoms with van der Waals surface area (Å²) in [6.07, 6.45) is 1.21. The van der Waals surface area contributed by atoms with Crippen LogP contribution in [0.2, 0.25) is 25.7 Å². The van der Waals surface area contributed by atoms with Gasteiger partial charge >= 0.3 is 12.1 Å². The third-order valence-corrected chi connectivity index (χ3v) is 7.29. The van der Waals surface area contributed by atoms with Gasteiger partial charge in [0, 0.05) is 40.4 Å². The maximum atomic E-state index is 12.4. The number of amides is 1. The predicted octanol–water partition coefficient (Wildman–Crippen LogP) is 2.78. The summed E-state index contributed by atoms with van der Waals surface area (Å²) < 4.78 is 10.8. The number of piperazine rings is 1. The van der Waals surface area contributed by atoms with Crippen molar-refractivity contribution in [3.8, 4) is 0 Å². The van der Waals surface area contributed by atoms with Crippen LogP contribution in [0.5, 0.6) is 0 Å². The van der Waals surface area contributed by atoms with Crippen molar-refractivity contribution in [3.63, 3.8) is 0 Å². The van der Waals surface area contributed by atoms with Crippen LogP contribution in [0.25, 0.3) is 0 Å². The number of anilines is 1. The van der Waals surface area contributed by atoms with Gasteiger partial charge in [0.15, 0.2) is 5.82 Å². The van der Waals surface area contributed by atoms with Crippen molar-refractivity contribution in [1.82, 2.24) is 20.4 Å². The zero-order valence-corrected chi connectivity index (χ0v) is 21.3. The molecule has 1 aliphatic rings. The van der Waals surface area contributed by atoms with Gasteiger partial charge in [-0.15, -0.1) is 5.10 Å². The van der Waals surface area contributed by atoms with Gasteiger partial charge in [-0.25, -0.2) is 4.79 Å². The lowest BCUT2D eigenvalue weighted by molar-refractivity contribution is -0.146. The summed E-state index contributed by atoms with van der Waals surface area (Å²) in [5, 5.41) is 11.1. The fourth-order valence-corrected chi connectivity index (χ4v) is 4.37. The van der Waals surface area contributed by atoms with Gasteiger partial charge in [0.25, 0.3) is 0 Å². The van der Waals surface area contributed by atoms with E-state index in [2.05, 4.69) is 40.1 Å². The standard InChI is InChI=1S/C24H35N5O4Si/c1-34(2,3)15-14-32-24(31)25-16-21-17-28(12-13-29(21)22-10-7-11-26-27-22)18-23(30)33-19-20-8-5-4-6-9-20/h4-11,21H,12-19H2,1-3H3,(H,25,31)/t21-/m1/s1. The van der Waals surface area contributed by atoms with E-state index < -0.39 is 14.2 Å². The second-order valence-corrected chi connectivity index (χ2v) is 15.3. The summed E-state index contributed by atoms with van der Waals surface area (Å²) in [7, 11) is -1.27. The molecule has 0 spiro atoms. The van der Waals surface area contributed by atoms with Crippen LogP contribution in [-0.4, -0.2) is 80.6 Å². The molecule has 0 radical (unpaired) electrons. The Morgan fingerprint density at radius 2 is 1.88 bits per heavy atom. The molecular formula is C24H35N5O4Si. The molecule has 0 bridgehead atoms. The number of carbonyl (C=O) groups is 2. The van der Waals surface area contributed by atoms with Gasteiger partial charge in [-0.3, -0.25) is 9.69 Å². The van der Waals surface area contributed by atoms with Crippen molar-refractivity contribution in [1.29, 1.82) is 0 Å². The molecule has 184 valence electrons. The average molecular weight is 486 g/mol. The molecule has 1 N–H and O–H groups in total. The number of carbonyl (C=O) groups excluding carboxylic acids is 2. The van der Waals surface area contributed by atoms with E-state index in [1.165, 1.54) is 0 Å². The number of nitrogens with zero attached hydrogens (tertiary/aromatic N) is 4. The fourth-order valence-electron chi connectivity index (χ4n) is 3.65. The van der Waals surface area contributed by atoms with Gasteiger partial charge in [0.2, 0.25) is 0 Å². The average Bonchev–Trinajstić information content (AvgIpc) is 2.82. The van der Waals surface area contributed by atoms with Crippen molar-refractivity contribution in [2.45, 2.75) is 38.3 Å². The first-order valence-electron chi connectivity index (χ1n) is 11.7. The van der Waals surface area contributed by atoms with Gasteiger partial charge in [0.1, 0.15) is 6.61 Å². The lowest BCUT2D eigenvalue weighted by Crippen LogP contribution is -2.58. The van der Waals surface area contributed by atoms with E-state index >= 15 is 0 Å². The molecule has 0 aliphatic carbocycles. The number of hydrogen-bond acceptors (Lipinski definition) is 8. The fraction of sp³-hybridized carbons (Fsp3) is 0.500. The number of ether oxygens (including phenoxy) is 2. The van der Waals surface area contributed by atoms with Crippen molar-refractivity contribution in [2.75, 3.05) is 44.2 Å². The first-order valence-corrected chi connectivity index (χ1v) is 15.4. The Morgan fingerprint density at radius 3 is 2.59 bits per heavy atom. The molecule has 0 unspecified atom stereocenters. The van der Waals surface area contributed by atoms with Crippen molar-refractivity contribution in [3.05, 3.63) is 54.2 Å². The molecule has 2 aromatic rings. The quantitative estimate of drug-likeness (QED) is 0.405. The maximum absolute atomic E-state index is 12.4. The third-order valence-electron chi connectivity index (χ3n) is 5.58. The summed E-state index contributed by atoms with van der Waals surface area (Å²) >= 11 is 0. The number of rotatable bonds is 10. The Bertz CT molecular complexity index is 911. The highest BCUT2D eigenvalue weighted by molar-refractivity contribution is 6.76. The van der Waals surface area contributed by atoms with Gasteiger partial charge in [0.05, 0.1) is 19.2 Å². The molecule has 1 atom stereocenters. The normalized spacial score (nSPS) is 16.7. The number of aromatic nitrogens is 2. The lowest BCUT2D eigenvalue weighted by atomic mass is 10.1. The highest BCUT2D eigenvalue weighted by Gasteiger charge is 2.30. The Labute approximate surface area is 202 Å². The Balaban J connectivity index is 1.53. The van der Waals surface area contributed by atoms with Crippen LogP contribution in [0.15, 0.2) is 48.7 Å². The minimum atomic E-state index is -1.27. The Morgan fingerprint density at radius 1 is 1.09 bits per heavy atom. The minimum absolute atomic E-state index is 0.0862. The molecule has 0 saturated carbocycles. The van der Waals surface area contributed by atoms with Crippen LogP contribution in [0.4, 0.5) is 10.6 Å². The highest BCUT2D eigenvalue weighted by Crippen LogP contribution is 2.17. The summed E-state index contributed by atoms with van der Waals surface area (Å²) in [5.41, 5.74) is 0.957. The van der Waals surface area contributed by atoms with E-state index in [1.807, 2.05) is 47.4 Å². The van der Waals surface area contributed by atoms with Gasteiger partial charge in [-0.1, -0.05) is 50.0 Å². The van der Waals surface area contributed by atoms with E-state index in [4.69, 9.17) is 9.47 Å². The number of alkyl carbamates (subject to hydrolysis) is 1. The third kappa shape index (κ3) is 8.75. The number of esters is 1.